The average Bonchev–Trinajstić information content (AvgIpc) is 1.31. The summed E-state index contributed by atoms with van der Waals surface area (Å²) in [6.45, 7) is 13.7. The summed E-state index contributed by atoms with van der Waals surface area (Å²) in [5.41, 5.74) is 1.19. The summed E-state index contributed by atoms with van der Waals surface area (Å²) < 4.78 is 0. The van der Waals surface area contributed by atoms with Crippen LogP contribution in [-0.2, 0) is 0 Å². The zero-order valence-electron chi connectivity index (χ0n) is 5.41. The monoisotopic (exact) mass is 97.1 g/mol. The molecule has 0 unspecified atom stereocenters. The van der Waals surface area contributed by atoms with Crippen LogP contribution in [0.3, 0.4) is 0 Å². The van der Waals surface area contributed by atoms with Crippen molar-refractivity contribution in [1.82, 2.24) is 0 Å². The Morgan fingerprint density at radius 1 is 1.29 bits per heavy atom. The molecule has 0 N–H and O–H groups in total. The van der Waals surface area contributed by atoms with E-state index in [-0.39, 0.29) is 5.41 Å². The van der Waals surface area contributed by atoms with Crippen LogP contribution in [0.15, 0.2) is 12.2 Å². The lowest BCUT2D eigenvalue weighted by Crippen LogP contribution is -2.04. The fourth-order valence-electron chi connectivity index (χ4n) is 0. The first-order chi connectivity index (χ1) is 2.94. The summed E-state index contributed by atoms with van der Waals surface area (Å²) in [7, 11) is 0. The molecule has 0 aromatic heterocycles. The van der Waals surface area contributed by atoms with Crippen LogP contribution in [0.4, 0.5) is 0 Å². The van der Waals surface area contributed by atoms with E-state index in [1.54, 1.807) is 0 Å². The summed E-state index contributed by atoms with van der Waals surface area (Å²) in [6.07, 6.45) is 0. The largest absolute Gasteiger partial charge is 0.0993 e. The summed E-state index contributed by atoms with van der Waals surface area (Å²) in [4.78, 5) is 0. The van der Waals surface area contributed by atoms with Crippen molar-refractivity contribution in [3.63, 3.8) is 0 Å². The van der Waals surface area contributed by atoms with Crippen molar-refractivity contribution in [2.45, 2.75) is 20.8 Å². The van der Waals surface area contributed by atoms with E-state index in [0.29, 0.717) is 0 Å². The Balaban J connectivity index is 3.79. The minimum Gasteiger partial charge on any atom is -0.0993 e. The van der Waals surface area contributed by atoms with Crippen molar-refractivity contribution in [1.29, 1.82) is 0 Å². The predicted octanol–water partition coefficient (Wildman–Crippen LogP) is 2.42. The van der Waals surface area contributed by atoms with E-state index in [1.165, 1.54) is 0 Å². The second-order valence-corrected chi connectivity index (χ2v) is 2.85. The van der Waals surface area contributed by atoms with Gasteiger partial charge in [-0.1, -0.05) is 32.9 Å². The van der Waals surface area contributed by atoms with Crippen LogP contribution in [-0.4, -0.2) is 0 Å². The highest BCUT2D eigenvalue weighted by Crippen LogP contribution is 2.21. The molecular weight excluding hydrogens is 84.1 g/mol. The first kappa shape index (κ1) is 6.74. The number of allylic oxidation sites excluding steroid dienone is 1. The minimum atomic E-state index is 0.194. The molecular formula is C7H13. The Bertz CT molecular complexity index is 72.5. The van der Waals surface area contributed by atoms with Gasteiger partial charge in [-0.05, 0) is 12.3 Å². The van der Waals surface area contributed by atoms with Crippen LogP contribution in [0.1, 0.15) is 20.8 Å². The fraction of sp³-hybridized carbons (Fsp3) is 0.571. The summed E-state index contributed by atoms with van der Waals surface area (Å²) >= 11 is 0. The van der Waals surface area contributed by atoms with Gasteiger partial charge >= 0.3 is 0 Å². The molecule has 0 fully saturated rings. The standard InChI is InChI=1S/C7H13/c1-6(2)7(3,4)5/h1-2H2,3-5H3. The quantitative estimate of drug-likeness (QED) is 0.435. The fourth-order valence-corrected chi connectivity index (χ4v) is 0. The van der Waals surface area contributed by atoms with Crippen LogP contribution in [0.2, 0.25) is 0 Å². The maximum Gasteiger partial charge on any atom is -0.0176 e. The van der Waals surface area contributed by atoms with E-state index < -0.39 is 0 Å². The molecule has 0 heteroatoms. The third kappa shape index (κ3) is 2.44. The number of rotatable bonds is 0. The molecule has 0 aromatic carbocycles. The molecule has 7 heavy (non-hydrogen) atoms. The predicted molar refractivity (Wildman–Crippen MR) is 34.0 cm³/mol. The molecule has 0 atom stereocenters. The Morgan fingerprint density at radius 3 is 1.43 bits per heavy atom. The molecule has 41 valence electrons. The highest BCUT2D eigenvalue weighted by molar-refractivity contribution is 5.07. The molecule has 0 bridgehead atoms. The van der Waals surface area contributed by atoms with Gasteiger partial charge < -0.3 is 0 Å². The topological polar surface area (TPSA) is 0 Å². The molecule has 0 aliphatic heterocycles. The molecule has 0 saturated carbocycles. The maximum absolute atomic E-state index is 3.72. The minimum absolute atomic E-state index is 0.194. The molecule has 0 aromatic rings. The summed E-state index contributed by atoms with van der Waals surface area (Å²) in [5, 5.41) is 0. The van der Waals surface area contributed by atoms with Crippen molar-refractivity contribution in [3.05, 3.63) is 19.1 Å². The van der Waals surface area contributed by atoms with E-state index in [2.05, 4.69) is 34.3 Å². The van der Waals surface area contributed by atoms with Crippen molar-refractivity contribution in [3.8, 4) is 0 Å². The SMILES string of the molecule is [CH2]C(=C)C(C)(C)C. The van der Waals surface area contributed by atoms with Crippen molar-refractivity contribution < 1.29 is 0 Å². The molecule has 0 aliphatic rings. The summed E-state index contributed by atoms with van der Waals surface area (Å²) in [6, 6.07) is 0. The molecule has 0 nitrogen and oxygen atoms in total. The first-order valence-electron chi connectivity index (χ1n) is 2.46. The van der Waals surface area contributed by atoms with E-state index in [4.69, 9.17) is 0 Å². The third-order valence-corrected chi connectivity index (χ3v) is 1.06. The van der Waals surface area contributed by atoms with Gasteiger partial charge in [0.25, 0.3) is 0 Å². The average molecular weight is 97.2 g/mol. The highest BCUT2D eigenvalue weighted by atomic mass is 14.1. The first-order valence-corrected chi connectivity index (χ1v) is 2.46. The lowest BCUT2D eigenvalue weighted by Gasteiger charge is -2.16. The van der Waals surface area contributed by atoms with Crippen LogP contribution >= 0.6 is 0 Å². The van der Waals surface area contributed by atoms with Gasteiger partial charge in [-0.15, -0.1) is 0 Å². The normalized spacial score (nSPS) is 11.4. The smallest absolute Gasteiger partial charge is 0.0176 e. The van der Waals surface area contributed by atoms with Crippen molar-refractivity contribution in [2.75, 3.05) is 0 Å². The van der Waals surface area contributed by atoms with Crippen LogP contribution < -0.4 is 0 Å². The third-order valence-electron chi connectivity index (χ3n) is 1.06. The lowest BCUT2D eigenvalue weighted by molar-refractivity contribution is 0.518. The zero-order chi connectivity index (χ0) is 6.08. The molecule has 0 rings (SSSR count). The van der Waals surface area contributed by atoms with Gasteiger partial charge in [-0.3, -0.25) is 0 Å². The molecule has 0 heterocycles. The van der Waals surface area contributed by atoms with E-state index in [1.807, 2.05) is 0 Å². The van der Waals surface area contributed by atoms with E-state index in [0.717, 1.165) is 5.57 Å². The van der Waals surface area contributed by atoms with Gasteiger partial charge in [-0.2, -0.15) is 0 Å². The zero-order valence-corrected chi connectivity index (χ0v) is 5.41. The van der Waals surface area contributed by atoms with E-state index in [9.17, 15) is 0 Å². The van der Waals surface area contributed by atoms with Gasteiger partial charge in [0.15, 0.2) is 0 Å². The maximum atomic E-state index is 3.72. The molecule has 0 amide bonds. The Kier molecular flexibility index (Phi) is 1.63. The number of hydrogen-bond donors (Lipinski definition) is 0. The number of hydrogen-bond acceptors (Lipinski definition) is 0. The van der Waals surface area contributed by atoms with Gasteiger partial charge in [0.05, 0.1) is 0 Å². The second kappa shape index (κ2) is 1.69. The van der Waals surface area contributed by atoms with E-state index >= 15 is 0 Å². The summed E-state index contributed by atoms with van der Waals surface area (Å²) in [5.74, 6) is 0. The lowest BCUT2D eigenvalue weighted by atomic mass is 9.89. The van der Waals surface area contributed by atoms with Gasteiger partial charge in [0.1, 0.15) is 0 Å². The van der Waals surface area contributed by atoms with Crippen LogP contribution in [0.5, 0.6) is 0 Å². The van der Waals surface area contributed by atoms with Crippen LogP contribution in [0, 0.1) is 12.3 Å². The highest BCUT2D eigenvalue weighted by Gasteiger charge is 2.08. The molecule has 1 radical (unpaired) electrons. The Labute approximate surface area is 46.2 Å². The second-order valence-electron chi connectivity index (χ2n) is 2.85. The van der Waals surface area contributed by atoms with Crippen molar-refractivity contribution in [2.24, 2.45) is 5.41 Å². The van der Waals surface area contributed by atoms with Crippen LogP contribution in [0.25, 0.3) is 0 Å². The van der Waals surface area contributed by atoms with Gasteiger partial charge in [0, 0.05) is 0 Å². The van der Waals surface area contributed by atoms with Gasteiger partial charge in [0.2, 0.25) is 0 Å². The molecule has 0 saturated heterocycles. The molecule has 0 spiro atoms. The Morgan fingerprint density at radius 2 is 1.43 bits per heavy atom. The van der Waals surface area contributed by atoms with Crippen molar-refractivity contribution >= 4 is 0 Å². The Hall–Kier alpha value is -0.260. The molecule has 0 aliphatic carbocycles. The van der Waals surface area contributed by atoms with Gasteiger partial charge in [-0.25, -0.2) is 0 Å².